The van der Waals surface area contributed by atoms with E-state index in [2.05, 4.69) is 0 Å². The number of hydrogen-bond acceptors (Lipinski definition) is 8. The van der Waals surface area contributed by atoms with Crippen LogP contribution in [0.15, 0.2) is 121 Å². The van der Waals surface area contributed by atoms with E-state index in [1.807, 2.05) is 36.4 Å². The van der Waals surface area contributed by atoms with E-state index in [0.29, 0.717) is 33.2 Å². The summed E-state index contributed by atoms with van der Waals surface area (Å²) in [7, 11) is 0. The van der Waals surface area contributed by atoms with Gasteiger partial charge in [0, 0.05) is 35.1 Å². The van der Waals surface area contributed by atoms with Gasteiger partial charge in [0.2, 0.25) is 23.6 Å². The van der Waals surface area contributed by atoms with Crippen molar-refractivity contribution in [2.45, 2.75) is 24.7 Å². The monoisotopic (exact) mass is 727 g/mol. The van der Waals surface area contributed by atoms with Crippen LogP contribution in [0.1, 0.15) is 24.0 Å². The number of benzene rings is 4. The summed E-state index contributed by atoms with van der Waals surface area (Å²) in [4.78, 5) is 72.3. The van der Waals surface area contributed by atoms with Crippen LogP contribution in [-0.4, -0.2) is 33.7 Å². The summed E-state index contributed by atoms with van der Waals surface area (Å²) >= 11 is 6.40. The maximum absolute atomic E-state index is 15.4. The molecule has 2 saturated heterocycles. The standard InChI is InChI=1S/C41H30ClN3O8/c42-25-8-4-9-26(18-25)44-38(48)33-20-32-30(13-14-31-35(32)39(49)43(37(31)47)27-10-5-11-28(19-27)45(51)52)36(41(33,40(44)50)24-6-2-1-3-7-24)23-16-22-17-29(46)12-15-34(22)53-21-23/h1-13,15,17-19,21,31-33,35-36,46H,14,16,20H2. The lowest BCUT2D eigenvalue weighted by atomic mass is 9.48. The molecule has 6 unspecified atom stereocenters. The lowest BCUT2D eigenvalue weighted by Gasteiger charge is -2.51. The molecule has 1 N–H and O–H groups in total. The van der Waals surface area contributed by atoms with Crippen molar-refractivity contribution in [2.75, 3.05) is 9.80 Å². The van der Waals surface area contributed by atoms with Gasteiger partial charge in [-0.2, -0.15) is 0 Å². The number of phenolic OH excluding ortho intramolecular Hbond substituents is 1. The second kappa shape index (κ2) is 12.0. The fourth-order valence-corrected chi connectivity index (χ4v) is 9.74. The number of rotatable bonds is 5. The third-order valence-corrected chi connectivity index (χ3v) is 11.8. The smallest absolute Gasteiger partial charge is 0.271 e. The Morgan fingerprint density at radius 1 is 0.830 bits per heavy atom. The summed E-state index contributed by atoms with van der Waals surface area (Å²) in [6.45, 7) is 0. The van der Waals surface area contributed by atoms with Gasteiger partial charge >= 0.3 is 0 Å². The van der Waals surface area contributed by atoms with Crippen molar-refractivity contribution in [3.63, 3.8) is 0 Å². The van der Waals surface area contributed by atoms with Crippen molar-refractivity contribution >= 4 is 52.3 Å². The first-order valence-electron chi connectivity index (χ1n) is 17.3. The van der Waals surface area contributed by atoms with Crippen molar-refractivity contribution in [3.8, 4) is 11.5 Å². The van der Waals surface area contributed by atoms with Crippen LogP contribution in [0.3, 0.4) is 0 Å². The molecular formula is C41H30ClN3O8. The van der Waals surface area contributed by atoms with Crippen LogP contribution in [0.5, 0.6) is 11.5 Å². The number of allylic oxidation sites excluding steroid dienone is 3. The van der Waals surface area contributed by atoms with Gasteiger partial charge in [-0.05, 0) is 72.4 Å². The summed E-state index contributed by atoms with van der Waals surface area (Å²) in [5.41, 5.74) is 1.42. The Morgan fingerprint density at radius 2 is 1.58 bits per heavy atom. The molecule has 1 saturated carbocycles. The van der Waals surface area contributed by atoms with Crippen LogP contribution in [0, 0.1) is 39.7 Å². The first-order valence-corrected chi connectivity index (χ1v) is 17.7. The minimum Gasteiger partial charge on any atom is -0.508 e. The number of nitro groups is 1. The Hall–Kier alpha value is -6.07. The minimum atomic E-state index is -1.48. The van der Waals surface area contributed by atoms with Crippen LogP contribution in [0.25, 0.3) is 0 Å². The van der Waals surface area contributed by atoms with E-state index >= 15 is 4.79 Å². The van der Waals surface area contributed by atoms with Crippen LogP contribution >= 0.6 is 11.6 Å². The quantitative estimate of drug-likeness (QED) is 0.104. The van der Waals surface area contributed by atoms with Crippen molar-refractivity contribution in [1.29, 1.82) is 0 Å². The summed E-state index contributed by atoms with van der Waals surface area (Å²) in [5, 5.41) is 22.4. The first-order chi connectivity index (χ1) is 25.6. The number of hydrogen-bond donors (Lipinski definition) is 1. The molecule has 5 aliphatic rings. The summed E-state index contributed by atoms with van der Waals surface area (Å²) in [5.74, 6) is -5.33. The van der Waals surface area contributed by atoms with Crippen molar-refractivity contribution < 1.29 is 33.9 Å². The van der Waals surface area contributed by atoms with E-state index in [-0.39, 0.29) is 36.4 Å². The number of ether oxygens (including phenoxy) is 1. The zero-order valence-electron chi connectivity index (χ0n) is 27.9. The van der Waals surface area contributed by atoms with E-state index in [9.17, 15) is 29.6 Å². The maximum Gasteiger partial charge on any atom is 0.271 e. The fourth-order valence-electron chi connectivity index (χ4n) is 9.56. The lowest BCUT2D eigenvalue weighted by Crippen LogP contribution is -2.55. The van der Waals surface area contributed by atoms with E-state index in [0.717, 1.165) is 10.5 Å². The second-order valence-corrected chi connectivity index (χ2v) is 14.6. The van der Waals surface area contributed by atoms with Crippen LogP contribution in [0.2, 0.25) is 5.02 Å². The van der Waals surface area contributed by atoms with Gasteiger partial charge in [-0.1, -0.05) is 65.7 Å². The molecule has 3 aliphatic heterocycles. The average molecular weight is 728 g/mol. The summed E-state index contributed by atoms with van der Waals surface area (Å²) in [6, 6.07) is 26.0. The molecule has 0 spiro atoms. The highest BCUT2D eigenvalue weighted by atomic mass is 35.5. The number of non-ortho nitro benzene ring substituents is 1. The number of nitrogens with zero attached hydrogens (tertiary/aromatic N) is 3. The van der Waals surface area contributed by atoms with Gasteiger partial charge in [0.1, 0.15) is 11.5 Å². The highest BCUT2D eigenvalue weighted by Crippen LogP contribution is 2.64. The molecule has 4 aromatic rings. The Kier molecular flexibility index (Phi) is 7.42. The van der Waals surface area contributed by atoms with E-state index in [1.54, 1.807) is 42.7 Å². The molecule has 6 atom stereocenters. The number of amides is 4. The van der Waals surface area contributed by atoms with Crippen molar-refractivity contribution in [2.24, 2.45) is 29.6 Å². The summed E-state index contributed by atoms with van der Waals surface area (Å²) in [6.07, 6.45) is 4.10. The molecular weight excluding hydrogens is 698 g/mol. The van der Waals surface area contributed by atoms with Crippen molar-refractivity contribution in [1.82, 2.24) is 0 Å². The Bertz CT molecular complexity index is 2360. The highest BCUT2D eigenvalue weighted by Gasteiger charge is 2.70. The summed E-state index contributed by atoms with van der Waals surface area (Å²) < 4.78 is 6.16. The van der Waals surface area contributed by atoms with Gasteiger partial charge in [0.25, 0.3) is 5.69 Å². The highest BCUT2D eigenvalue weighted by molar-refractivity contribution is 6.32. The van der Waals surface area contributed by atoms with Gasteiger partial charge in [0.05, 0.1) is 45.7 Å². The zero-order chi connectivity index (χ0) is 36.8. The molecule has 0 aromatic heterocycles. The van der Waals surface area contributed by atoms with Gasteiger partial charge in [-0.15, -0.1) is 0 Å². The number of aromatic hydroxyl groups is 1. The number of carbonyl (C=O) groups excluding carboxylic acids is 4. The zero-order valence-corrected chi connectivity index (χ0v) is 28.7. The third kappa shape index (κ3) is 4.73. The second-order valence-electron chi connectivity index (χ2n) is 14.2. The topological polar surface area (TPSA) is 147 Å². The Morgan fingerprint density at radius 3 is 2.34 bits per heavy atom. The van der Waals surface area contributed by atoms with Gasteiger partial charge in [-0.3, -0.25) is 29.3 Å². The number of phenols is 1. The number of anilines is 2. The molecule has 12 heteroatoms. The van der Waals surface area contributed by atoms with Gasteiger partial charge in [0.15, 0.2) is 0 Å². The number of carbonyl (C=O) groups is 4. The number of imide groups is 2. The van der Waals surface area contributed by atoms with Gasteiger partial charge < -0.3 is 9.84 Å². The molecule has 0 bridgehead atoms. The fraction of sp³-hybridized carbons (Fsp3) is 0.220. The number of nitro benzene ring substituents is 1. The molecule has 4 amide bonds. The van der Waals surface area contributed by atoms with E-state index in [1.165, 1.54) is 35.2 Å². The largest absolute Gasteiger partial charge is 0.508 e. The minimum absolute atomic E-state index is 0.0426. The van der Waals surface area contributed by atoms with Crippen LogP contribution in [-0.2, 0) is 31.0 Å². The predicted molar refractivity (Wildman–Crippen MR) is 193 cm³/mol. The predicted octanol–water partition coefficient (Wildman–Crippen LogP) is 6.67. The molecule has 264 valence electrons. The normalized spacial score (nSPS) is 27.3. The molecule has 9 rings (SSSR count). The molecule has 0 radical (unpaired) electrons. The van der Waals surface area contributed by atoms with Gasteiger partial charge in [-0.25, -0.2) is 9.80 Å². The Balaban J connectivity index is 1.24. The third-order valence-electron chi connectivity index (χ3n) is 11.6. The molecule has 3 heterocycles. The number of fused-ring (bicyclic) bond motifs is 5. The van der Waals surface area contributed by atoms with Crippen LogP contribution < -0.4 is 14.5 Å². The van der Waals surface area contributed by atoms with E-state index in [4.69, 9.17) is 16.3 Å². The molecule has 53 heavy (non-hydrogen) atoms. The molecule has 2 aliphatic carbocycles. The molecule has 4 aromatic carbocycles. The maximum atomic E-state index is 15.4. The first kappa shape index (κ1) is 32.8. The van der Waals surface area contributed by atoms with Crippen LogP contribution in [0.4, 0.5) is 17.1 Å². The lowest BCUT2D eigenvalue weighted by molar-refractivity contribution is -0.384. The average Bonchev–Trinajstić information content (AvgIpc) is 3.55. The van der Waals surface area contributed by atoms with E-state index < -0.39 is 63.6 Å². The molecule has 11 nitrogen and oxygen atoms in total. The number of halogens is 1. The SMILES string of the molecule is O=C1C2CC=C3C(CC4C(=O)N(c5cccc(Cl)c5)C(=O)C4(c4ccccc4)C3C3=COc4ccc(O)cc4C3)C2C(=O)N1c1cccc([N+](=O)[O-])c1. The Labute approximate surface area is 307 Å². The molecule has 3 fully saturated rings. The van der Waals surface area contributed by atoms with Crippen molar-refractivity contribution in [3.05, 3.63) is 147 Å².